The number of halogens is 1. The first-order valence-corrected chi connectivity index (χ1v) is 16.5. The first kappa shape index (κ1) is 23.0. The molecule has 0 aliphatic rings. The van der Waals surface area contributed by atoms with Gasteiger partial charge in [0.05, 0.1) is 0 Å². The molecular weight excluding hydrogens is 522 g/mol. The van der Waals surface area contributed by atoms with Gasteiger partial charge in [0.2, 0.25) is 0 Å². The van der Waals surface area contributed by atoms with E-state index < -0.39 is 4.25 Å². The van der Waals surface area contributed by atoms with Crippen molar-refractivity contribution in [3.63, 3.8) is 0 Å². The fourth-order valence-corrected chi connectivity index (χ4v) is 13.1. The van der Waals surface area contributed by atoms with E-state index in [9.17, 15) is 0 Å². The summed E-state index contributed by atoms with van der Waals surface area (Å²) in [4.78, 5) is 0. The van der Waals surface area contributed by atoms with Crippen LogP contribution < -0.4 is 20.7 Å². The molecule has 0 aliphatic carbocycles. The molecule has 0 saturated heterocycles. The van der Waals surface area contributed by atoms with Crippen molar-refractivity contribution in [3.05, 3.63) is 121 Å². The Morgan fingerprint density at radius 3 is 1.47 bits per heavy atom. The third kappa shape index (κ3) is 4.49. The van der Waals surface area contributed by atoms with E-state index >= 15 is 0 Å². The number of ether oxygens (including phenoxy) is 1. The summed E-state index contributed by atoms with van der Waals surface area (Å²) in [5.74, 6) is 0.954. The third-order valence-corrected chi connectivity index (χ3v) is 17.2. The molecule has 0 saturated carbocycles. The van der Waals surface area contributed by atoms with Crippen LogP contribution in [0.3, 0.4) is 0 Å². The van der Waals surface area contributed by atoms with Crippen LogP contribution in [0.1, 0.15) is 25.3 Å². The number of benzene rings is 4. The summed E-state index contributed by atoms with van der Waals surface area (Å²) in [6, 6.07) is 42.0. The van der Waals surface area contributed by atoms with Crippen LogP contribution in [0.25, 0.3) is 0 Å². The van der Waals surface area contributed by atoms with Crippen molar-refractivity contribution in [1.29, 1.82) is 0 Å². The summed E-state index contributed by atoms with van der Waals surface area (Å²) in [7, 11) is 0. The van der Waals surface area contributed by atoms with Gasteiger partial charge in [0.25, 0.3) is 0 Å². The Labute approximate surface area is 205 Å². The molecule has 0 unspecified atom stereocenters. The molecule has 0 spiro atoms. The molecule has 0 amide bonds. The third-order valence-electron chi connectivity index (χ3n) is 6.05. The van der Waals surface area contributed by atoms with Gasteiger partial charge >= 0.3 is 206 Å². The predicted molar refractivity (Wildman–Crippen MR) is 150 cm³/mol. The molecule has 0 N–H and O–H groups in total. The van der Waals surface area contributed by atoms with Gasteiger partial charge in [-0.05, 0) is 0 Å². The van der Waals surface area contributed by atoms with Gasteiger partial charge in [-0.1, -0.05) is 0 Å². The molecule has 3 heteroatoms. The minimum absolute atomic E-state index is 0.777. The second-order valence-corrected chi connectivity index (χ2v) is 18.8. The van der Waals surface area contributed by atoms with Crippen LogP contribution in [0, 0.1) is 0 Å². The molecule has 164 valence electrons. The van der Waals surface area contributed by atoms with Crippen LogP contribution in [0.5, 0.6) is 5.75 Å². The summed E-state index contributed by atoms with van der Waals surface area (Å²) in [5.41, 5.74) is 1.33. The van der Waals surface area contributed by atoms with Gasteiger partial charge in [0.15, 0.2) is 0 Å². The van der Waals surface area contributed by atoms with Crippen molar-refractivity contribution < 1.29 is 4.74 Å². The van der Waals surface area contributed by atoms with Crippen molar-refractivity contribution in [3.8, 4) is 5.75 Å². The predicted octanol–water partition coefficient (Wildman–Crippen LogP) is 7.25. The van der Waals surface area contributed by atoms with Crippen LogP contribution in [0.15, 0.2) is 115 Å². The summed E-state index contributed by atoms with van der Waals surface area (Å²) in [6.45, 7) is 2.96. The van der Waals surface area contributed by atoms with Crippen molar-refractivity contribution >= 4 is 42.2 Å². The number of hydrogen-bond donors (Lipinski definition) is 0. The average molecular weight is 552 g/mol. The van der Waals surface area contributed by atoms with Gasteiger partial charge in [0.1, 0.15) is 0 Å². The fraction of sp³-hybridized carbons (Fsp3) is 0.172. The molecule has 0 heterocycles. The Hall–Kier alpha value is -2.16. The average Bonchev–Trinajstić information content (AvgIpc) is 2.87. The van der Waals surface area contributed by atoms with E-state index in [1.54, 1.807) is 0 Å². The summed E-state index contributed by atoms with van der Waals surface area (Å²) >= 11 is 2.84. The second kappa shape index (κ2) is 10.2. The zero-order valence-corrected chi connectivity index (χ0v) is 21.6. The van der Waals surface area contributed by atoms with E-state index in [0.717, 1.165) is 31.4 Å². The van der Waals surface area contributed by atoms with E-state index in [1.807, 2.05) is 0 Å². The van der Waals surface area contributed by atoms with Gasteiger partial charge in [-0.3, -0.25) is 0 Å². The molecule has 0 aliphatic heterocycles. The Morgan fingerprint density at radius 1 is 0.625 bits per heavy atom. The minimum atomic E-state index is -2.80. The zero-order chi connectivity index (χ0) is 22.3. The molecule has 4 aromatic rings. The van der Waals surface area contributed by atoms with E-state index in [2.05, 4.69) is 144 Å². The SMILES string of the molecule is CCCCOc1ccc(CP(I)(c2ccccc2)(c2ccccc2)c2ccccc2)cc1. The molecule has 0 radical (unpaired) electrons. The van der Waals surface area contributed by atoms with Crippen LogP contribution in [0.4, 0.5) is 0 Å². The van der Waals surface area contributed by atoms with Gasteiger partial charge in [-0.25, -0.2) is 0 Å². The molecule has 0 bridgehead atoms. The standard InChI is InChI=1S/C29H30IOP/c1-2-3-23-31-26-21-19-25(20-22-26)24-32(30,27-13-7-4-8-14-27,28-15-9-5-10-16-28)29-17-11-6-12-18-29/h4-22H,2-3,23-24H2,1H3. The Bertz CT molecular complexity index is 1010. The van der Waals surface area contributed by atoms with Gasteiger partial charge in [0, 0.05) is 0 Å². The molecule has 0 fully saturated rings. The fourth-order valence-electron chi connectivity index (χ4n) is 4.31. The molecule has 4 aromatic carbocycles. The normalized spacial score (nSPS) is 12.6. The summed E-state index contributed by atoms with van der Waals surface area (Å²) < 4.78 is 3.12. The number of hydrogen-bond acceptors (Lipinski definition) is 1. The molecular formula is C29H30IOP. The maximum atomic E-state index is 5.92. The monoisotopic (exact) mass is 552 g/mol. The van der Waals surface area contributed by atoms with Gasteiger partial charge in [-0.15, -0.1) is 0 Å². The molecule has 0 atom stereocenters. The molecule has 0 aromatic heterocycles. The quantitative estimate of drug-likeness (QED) is 0.121. The molecule has 4 rings (SSSR count). The number of unbranched alkanes of at least 4 members (excludes halogenated alkanes) is 1. The first-order valence-electron chi connectivity index (χ1n) is 11.3. The Kier molecular flexibility index (Phi) is 7.33. The van der Waals surface area contributed by atoms with Gasteiger partial charge < -0.3 is 0 Å². The first-order chi connectivity index (χ1) is 15.6. The van der Waals surface area contributed by atoms with Crippen molar-refractivity contribution in [2.75, 3.05) is 6.61 Å². The Balaban J connectivity index is 1.87. The summed E-state index contributed by atoms with van der Waals surface area (Å²) in [5, 5.41) is 4.21. The zero-order valence-electron chi connectivity index (χ0n) is 18.5. The Morgan fingerprint density at radius 2 is 1.06 bits per heavy atom. The van der Waals surface area contributed by atoms with E-state index in [0.29, 0.717) is 0 Å². The topological polar surface area (TPSA) is 9.23 Å². The van der Waals surface area contributed by atoms with Crippen LogP contribution in [0.2, 0.25) is 0 Å². The second-order valence-electron chi connectivity index (χ2n) is 8.19. The van der Waals surface area contributed by atoms with Crippen LogP contribution in [-0.2, 0) is 6.16 Å². The van der Waals surface area contributed by atoms with E-state index in [4.69, 9.17) is 4.74 Å². The molecule has 32 heavy (non-hydrogen) atoms. The van der Waals surface area contributed by atoms with Gasteiger partial charge in [-0.2, -0.15) is 0 Å². The number of rotatable bonds is 9. The van der Waals surface area contributed by atoms with E-state index in [1.165, 1.54) is 21.5 Å². The summed E-state index contributed by atoms with van der Waals surface area (Å²) in [6.07, 6.45) is 3.19. The van der Waals surface area contributed by atoms with Crippen molar-refractivity contribution in [2.45, 2.75) is 25.9 Å². The van der Waals surface area contributed by atoms with Crippen LogP contribution in [-0.4, -0.2) is 6.61 Å². The van der Waals surface area contributed by atoms with Crippen molar-refractivity contribution in [1.82, 2.24) is 0 Å². The van der Waals surface area contributed by atoms with E-state index in [-0.39, 0.29) is 0 Å². The van der Waals surface area contributed by atoms with Crippen molar-refractivity contribution in [2.24, 2.45) is 0 Å². The van der Waals surface area contributed by atoms with Crippen LogP contribution >= 0.6 is 26.3 Å². The maximum absolute atomic E-state index is 5.92. The molecule has 1 nitrogen and oxygen atoms in total.